The Morgan fingerprint density at radius 3 is 0.902 bits per heavy atom. The van der Waals surface area contributed by atoms with Crippen LogP contribution in [0.1, 0.15) is 31.8 Å². The molecule has 0 amide bonds. The zero-order valence-electron chi connectivity index (χ0n) is 43.8. The van der Waals surface area contributed by atoms with Gasteiger partial charge in [0.2, 0.25) is 0 Å². The summed E-state index contributed by atoms with van der Waals surface area (Å²) in [6.07, 6.45) is -11.6. The molecule has 0 radical (unpaired) electrons. The van der Waals surface area contributed by atoms with Gasteiger partial charge < -0.3 is 0 Å². The van der Waals surface area contributed by atoms with Crippen LogP contribution in [0.3, 0.4) is 0 Å². The number of halogens is 6. The second-order valence-electron chi connectivity index (χ2n) is 20.0. The Balaban J connectivity index is 1.30. The van der Waals surface area contributed by atoms with Crippen molar-refractivity contribution in [2.45, 2.75) is 12.4 Å². The molecule has 11 rings (SSSR count). The van der Waals surface area contributed by atoms with Crippen molar-refractivity contribution < 1.29 is 49.5 Å². The van der Waals surface area contributed by atoms with Gasteiger partial charge in [0, 0.05) is 0 Å². The van der Waals surface area contributed by atoms with E-state index in [4.69, 9.17) is 13.5 Å². The van der Waals surface area contributed by atoms with E-state index in [9.17, 15) is 0 Å². The Morgan fingerprint density at radius 2 is 0.610 bits per heavy atom. The number of carbonyl (C=O) groups excluding carboxylic acids is 2. The van der Waals surface area contributed by atoms with E-state index < -0.39 is 74.1 Å². The Morgan fingerprint density at radius 1 is 0.341 bits per heavy atom. The van der Waals surface area contributed by atoms with Crippen molar-refractivity contribution in [1.29, 1.82) is 0 Å². The summed E-state index contributed by atoms with van der Waals surface area (Å²) in [5, 5.41) is 5.39. The number of hydrogen-bond donors (Lipinski definition) is 0. The number of fused-ring (bicyclic) bond motifs is 2. The molecular weight excluding hydrogens is 1080 g/mol. The molecule has 0 spiro atoms. The van der Waals surface area contributed by atoms with Gasteiger partial charge in [-0.15, -0.1) is 0 Å². The van der Waals surface area contributed by atoms with Crippen LogP contribution >= 0.6 is 13.7 Å². The summed E-state index contributed by atoms with van der Waals surface area (Å²) in [5.74, 6) is -1.76. The van der Waals surface area contributed by atoms with E-state index in [1.54, 1.807) is 206 Å². The van der Waals surface area contributed by atoms with Crippen molar-refractivity contribution in [1.82, 2.24) is 0 Å². The van der Waals surface area contributed by atoms with Crippen molar-refractivity contribution in [3.63, 3.8) is 0 Å². The minimum atomic E-state index is -5.38. The summed E-state index contributed by atoms with van der Waals surface area (Å²) < 4.78 is 114. The molecule has 0 bridgehead atoms. The van der Waals surface area contributed by atoms with Crippen molar-refractivity contribution in [2.75, 3.05) is 12.3 Å². The second kappa shape index (κ2) is 22.1. The van der Waals surface area contributed by atoms with Crippen molar-refractivity contribution in [3.8, 4) is 5.75 Å². The van der Waals surface area contributed by atoms with Crippen LogP contribution in [0.15, 0.2) is 285 Å². The maximum absolute atomic E-state index is 16.3. The van der Waals surface area contributed by atoms with Crippen molar-refractivity contribution >= 4 is 85.9 Å². The molecule has 0 N–H and O–H groups in total. The summed E-state index contributed by atoms with van der Waals surface area (Å²) >= 11 is 0. The molecule has 0 aliphatic heterocycles. The predicted octanol–water partition coefficient (Wildman–Crippen LogP) is 15.1. The van der Waals surface area contributed by atoms with E-state index in [2.05, 4.69) is 0 Å². The van der Waals surface area contributed by atoms with Gasteiger partial charge in [-0.2, -0.15) is 0 Å². The molecular formula is C68H51BF6O5P2. The van der Waals surface area contributed by atoms with Crippen LogP contribution in [0.4, 0.5) is 26.3 Å². The molecule has 0 fully saturated rings. The summed E-state index contributed by atoms with van der Waals surface area (Å²) in [6.45, 7) is -10.8. The summed E-state index contributed by atoms with van der Waals surface area (Å²) in [6, 6.07) is 80.1. The van der Waals surface area contributed by atoms with E-state index in [0.29, 0.717) is 65.9 Å². The molecule has 11 aromatic carbocycles. The van der Waals surface area contributed by atoms with Gasteiger partial charge >= 0.3 is 473 Å². The molecule has 408 valence electrons. The third kappa shape index (κ3) is 9.90. The van der Waals surface area contributed by atoms with Crippen LogP contribution in [-0.2, 0) is 21.2 Å². The van der Waals surface area contributed by atoms with Crippen LogP contribution < -0.4 is 36.5 Å². The Labute approximate surface area is 471 Å². The standard InChI is InChI=1S/C68H51BF6O5P2/c70-67(71,72)52-45-53(68(73,74)75)47-54(46-52)78-69(79-81(55-29-7-1-8-30-55,56-31-9-2-10-32-56,57-33-11-3-12-34-57)48-65(76)63-43-23-27-50-25-19-21-41-61(50)63)80-82(58-35-13-4-14-36-58,59-37-15-5-16-38-59,60-39-17-6-18-40-60)49-66(77)64-44-24-28-51-26-20-22-42-62(51)64/h1-47H,48-49H2. The fourth-order valence-electron chi connectivity index (χ4n) is 11.5. The number of benzene rings is 11. The molecule has 0 saturated carbocycles. The fourth-order valence-corrected chi connectivity index (χ4v) is 22.6. The number of rotatable bonds is 18. The summed E-state index contributed by atoms with van der Waals surface area (Å²) in [5.41, 5.74) is -2.68. The van der Waals surface area contributed by atoms with E-state index in [1.807, 2.05) is 60.7 Å². The van der Waals surface area contributed by atoms with Crippen LogP contribution in [-0.4, -0.2) is 31.2 Å². The number of ketones is 2. The molecule has 0 atom stereocenters. The van der Waals surface area contributed by atoms with Crippen LogP contribution in [0.25, 0.3) is 21.5 Å². The third-order valence-electron chi connectivity index (χ3n) is 15.3. The van der Waals surface area contributed by atoms with Gasteiger partial charge in [0.15, 0.2) is 0 Å². The predicted molar refractivity (Wildman–Crippen MR) is 322 cm³/mol. The summed E-state index contributed by atoms with van der Waals surface area (Å²) in [4.78, 5) is 32.5. The van der Waals surface area contributed by atoms with Crippen molar-refractivity contribution in [2.24, 2.45) is 0 Å². The molecule has 5 nitrogen and oxygen atoms in total. The minimum absolute atomic E-state index is 0.0190. The first kappa shape index (κ1) is 55.4. The molecule has 0 saturated heterocycles. The average Bonchev–Trinajstić information content (AvgIpc) is 1.16. The monoisotopic (exact) mass is 1130 g/mol. The molecule has 14 heteroatoms. The van der Waals surface area contributed by atoms with Gasteiger partial charge in [-0.25, -0.2) is 0 Å². The molecule has 0 aliphatic rings. The topological polar surface area (TPSA) is 61.8 Å². The van der Waals surface area contributed by atoms with Crippen LogP contribution in [0, 0.1) is 0 Å². The molecule has 0 heterocycles. The second-order valence-corrected chi connectivity index (χ2v) is 29.0. The number of hydrogen-bond acceptors (Lipinski definition) is 5. The van der Waals surface area contributed by atoms with E-state index >= 15 is 35.9 Å². The first-order valence-electron chi connectivity index (χ1n) is 26.3. The van der Waals surface area contributed by atoms with Crippen LogP contribution in [0.2, 0.25) is 0 Å². The molecule has 82 heavy (non-hydrogen) atoms. The van der Waals surface area contributed by atoms with Gasteiger partial charge in [-0.3, -0.25) is 0 Å². The molecule has 0 aliphatic carbocycles. The number of Topliss-reactive ketones (excluding diaryl/α,β-unsaturated/α-hetero) is 2. The number of carbonyl (C=O) groups is 2. The fraction of sp³-hybridized carbons (Fsp3) is 0.0588. The van der Waals surface area contributed by atoms with Gasteiger partial charge in [-0.1, -0.05) is 0 Å². The van der Waals surface area contributed by atoms with Crippen molar-refractivity contribution in [3.05, 3.63) is 307 Å². The zero-order chi connectivity index (χ0) is 57.1. The van der Waals surface area contributed by atoms with E-state index in [1.165, 1.54) is 0 Å². The van der Waals surface area contributed by atoms with Gasteiger partial charge in [0.1, 0.15) is 0 Å². The van der Waals surface area contributed by atoms with Gasteiger partial charge in [0.25, 0.3) is 0 Å². The number of alkyl halides is 6. The Bertz CT molecular complexity index is 3610. The first-order chi connectivity index (χ1) is 39.6. The zero-order valence-corrected chi connectivity index (χ0v) is 45.6. The molecule has 11 aromatic rings. The first-order valence-corrected chi connectivity index (χ1v) is 31.0. The normalized spacial score (nSPS) is 13.1. The van der Waals surface area contributed by atoms with E-state index in [-0.39, 0.29) is 6.07 Å². The van der Waals surface area contributed by atoms with E-state index in [0.717, 1.165) is 10.8 Å². The third-order valence-corrected chi connectivity index (χ3v) is 26.7. The van der Waals surface area contributed by atoms with Crippen LogP contribution in [0.5, 0.6) is 5.75 Å². The average molecular weight is 1130 g/mol. The molecule has 0 aromatic heterocycles. The van der Waals surface area contributed by atoms with Gasteiger partial charge in [-0.05, 0) is 0 Å². The maximum atomic E-state index is 16.3. The SMILES string of the molecule is O=C(CP(OB(Oc1cc(C(F)(F)F)cc(C(F)(F)F)c1)OP(CC(=O)c1cccc2ccccc12)(c1ccccc1)(c1ccccc1)c1ccccc1)(c1ccccc1)(c1ccccc1)c1ccccc1)c1cccc2ccccc12. The quantitative estimate of drug-likeness (QED) is 0.0371. The van der Waals surface area contributed by atoms with Gasteiger partial charge in [0.05, 0.1) is 0 Å². The Kier molecular flexibility index (Phi) is 14.9. The summed E-state index contributed by atoms with van der Waals surface area (Å²) in [7, 11) is -2.40. The molecule has 0 unspecified atom stereocenters. The Hall–Kier alpha value is -8.50.